The number of nitrogens with zero attached hydrogens (tertiary/aromatic N) is 2. The molecule has 2 rings (SSSR count). The average Bonchev–Trinajstić information content (AvgIpc) is 2.96. The van der Waals surface area contributed by atoms with Gasteiger partial charge < -0.3 is 9.47 Å². The van der Waals surface area contributed by atoms with Gasteiger partial charge in [0.05, 0.1) is 31.7 Å². The van der Waals surface area contributed by atoms with Gasteiger partial charge in [0.1, 0.15) is 0 Å². The Morgan fingerprint density at radius 2 is 2.10 bits per heavy atom. The molecule has 5 nitrogen and oxygen atoms in total. The molecule has 1 aromatic carbocycles. The molecule has 0 fully saturated rings. The zero-order valence-corrected chi connectivity index (χ0v) is 11.2. The van der Waals surface area contributed by atoms with E-state index in [0.717, 1.165) is 11.4 Å². The van der Waals surface area contributed by atoms with E-state index in [1.165, 1.54) is 19.4 Å². The first kappa shape index (κ1) is 13.9. The molecule has 0 amide bonds. The topological polar surface area (TPSA) is 53.4 Å². The summed E-state index contributed by atoms with van der Waals surface area (Å²) in [5.41, 5.74) is 2.06. The summed E-state index contributed by atoms with van der Waals surface area (Å²) in [6.45, 7) is 0.464. The third-order valence-electron chi connectivity index (χ3n) is 2.70. The molecule has 104 valence electrons. The molecule has 2 aromatic rings. The summed E-state index contributed by atoms with van der Waals surface area (Å²) in [5.74, 6) is -0.431. The molecular weight excluding hydrogens is 256 g/mol. The Balaban J connectivity index is 1.90. The second-order valence-corrected chi connectivity index (χ2v) is 4.02. The van der Waals surface area contributed by atoms with Crippen molar-refractivity contribution < 1.29 is 14.3 Å². The molecule has 0 aliphatic rings. The van der Waals surface area contributed by atoms with Crippen molar-refractivity contribution in [3.05, 3.63) is 60.6 Å². The van der Waals surface area contributed by atoms with Crippen LogP contribution in [0.25, 0.3) is 5.69 Å². The van der Waals surface area contributed by atoms with Gasteiger partial charge in [-0.05, 0) is 18.2 Å². The molecule has 0 atom stereocenters. The van der Waals surface area contributed by atoms with Crippen molar-refractivity contribution in [3.8, 4) is 5.69 Å². The minimum atomic E-state index is -0.431. The van der Waals surface area contributed by atoms with E-state index in [2.05, 4.69) is 9.84 Å². The largest absolute Gasteiger partial charge is 0.501 e. The van der Waals surface area contributed by atoms with Gasteiger partial charge in [0.25, 0.3) is 0 Å². The van der Waals surface area contributed by atoms with Gasteiger partial charge in [-0.3, -0.25) is 0 Å². The Kier molecular flexibility index (Phi) is 4.94. The molecule has 0 unspecified atom stereocenters. The molecule has 1 heterocycles. The van der Waals surface area contributed by atoms with Crippen LogP contribution in [0.5, 0.6) is 0 Å². The second kappa shape index (κ2) is 7.13. The number of ether oxygens (including phenoxy) is 2. The predicted octanol–water partition coefficient (Wildman–Crippen LogP) is 2.12. The lowest BCUT2D eigenvalue weighted by molar-refractivity contribution is -0.134. The molecule has 0 radical (unpaired) electrons. The molecule has 0 aliphatic carbocycles. The molecule has 5 heteroatoms. The van der Waals surface area contributed by atoms with Crippen molar-refractivity contribution in [2.45, 2.75) is 6.42 Å². The normalized spacial score (nSPS) is 10.7. The molecule has 0 saturated carbocycles. The number of hydrogen-bond acceptors (Lipinski definition) is 4. The second-order valence-electron chi connectivity index (χ2n) is 4.02. The van der Waals surface area contributed by atoms with Crippen molar-refractivity contribution in [3.63, 3.8) is 0 Å². The monoisotopic (exact) mass is 272 g/mol. The number of benzene rings is 1. The van der Waals surface area contributed by atoms with E-state index in [9.17, 15) is 4.79 Å². The van der Waals surface area contributed by atoms with E-state index < -0.39 is 5.97 Å². The summed E-state index contributed by atoms with van der Waals surface area (Å²) in [6, 6.07) is 11.8. The highest BCUT2D eigenvalue weighted by Gasteiger charge is 2.04. The Morgan fingerprint density at radius 1 is 1.30 bits per heavy atom. The van der Waals surface area contributed by atoms with E-state index in [4.69, 9.17) is 4.74 Å². The number of esters is 1. The zero-order valence-electron chi connectivity index (χ0n) is 11.2. The number of para-hydroxylation sites is 1. The maximum absolute atomic E-state index is 10.8. The van der Waals surface area contributed by atoms with E-state index in [-0.39, 0.29) is 0 Å². The van der Waals surface area contributed by atoms with Gasteiger partial charge in [-0.15, -0.1) is 0 Å². The Hall–Kier alpha value is -2.56. The summed E-state index contributed by atoms with van der Waals surface area (Å²) in [4.78, 5) is 10.8. The number of carbonyl (C=O) groups excluding carboxylic acids is 1. The lowest BCUT2D eigenvalue weighted by Crippen LogP contribution is -2.04. The standard InChI is InChI=1S/C15H16N2O3/c1-19-15(18)9-12-20-11-8-14-7-10-16-17(14)13-5-3-2-4-6-13/h2-7,9-10,12H,8,11H2,1H3/b12-9+. The maximum Gasteiger partial charge on any atom is 0.333 e. The van der Waals surface area contributed by atoms with E-state index >= 15 is 0 Å². The minimum Gasteiger partial charge on any atom is -0.501 e. The minimum absolute atomic E-state index is 0.431. The fourth-order valence-corrected chi connectivity index (χ4v) is 1.72. The fraction of sp³-hybridized carbons (Fsp3) is 0.200. The zero-order chi connectivity index (χ0) is 14.2. The van der Waals surface area contributed by atoms with Gasteiger partial charge in [-0.1, -0.05) is 18.2 Å². The van der Waals surface area contributed by atoms with Crippen molar-refractivity contribution in [1.29, 1.82) is 0 Å². The van der Waals surface area contributed by atoms with Gasteiger partial charge in [0.2, 0.25) is 0 Å². The molecule has 0 spiro atoms. The Bertz CT molecular complexity index is 576. The lowest BCUT2D eigenvalue weighted by atomic mass is 10.3. The summed E-state index contributed by atoms with van der Waals surface area (Å²) in [7, 11) is 1.32. The first-order valence-electron chi connectivity index (χ1n) is 6.25. The summed E-state index contributed by atoms with van der Waals surface area (Å²) >= 11 is 0. The smallest absolute Gasteiger partial charge is 0.333 e. The van der Waals surface area contributed by atoms with Crippen LogP contribution in [0.15, 0.2) is 54.9 Å². The van der Waals surface area contributed by atoms with Crippen molar-refractivity contribution in [1.82, 2.24) is 9.78 Å². The first-order chi connectivity index (χ1) is 9.81. The van der Waals surface area contributed by atoms with E-state index in [0.29, 0.717) is 13.0 Å². The first-order valence-corrected chi connectivity index (χ1v) is 6.25. The van der Waals surface area contributed by atoms with Crippen LogP contribution in [0.2, 0.25) is 0 Å². The summed E-state index contributed by atoms with van der Waals surface area (Å²) in [5, 5.41) is 4.30. The SMILES string of the molecule is COC(=O)/C=C/OCCc1ccnn1-c1ccccc1. The molecule has 1 aromatic heterocycles. The molecule has 0 bridgehead atoms. The predicted molar refractivity (Wildman–Crippen MR) is 74.4 cm³/mol. The van der Waals surface area contributed by atoms with Crippen LogP contribution in [-0.4, -0.2) is 29.5 Å². The molecule has 0 saturated heterocycles. The number of methoxy groups -OCH3 is 1. The number of hydrogen-bond donors (Lipinski definition) is 0. The Labute approximate surface area is 117 Å². The van der Waals surface area contributed by atoms with E-state index in [1.54, 1.807) is 6.20 Å². The summed E-state index contributed by atoms with van der Waals surface area (Å²) < 4.78 is 11.6. The van der Waals surface area contributed by atoms with Crippen molar-refractivity contribution in [2.75, 3.05) is 13.7 Å². The van der Waals surface area contributed by atoms with Gasteiger partial charge in [0.15, 0.2) is 0 Å². The highest BCUT2D eigenvalue weighted by Crippen LogP contribution is 2.10. The van der Waals surface area contributed by atoms with Crippen molar-refractivity contribution in [2.24, 2.45) is 0 Å². The Morgan fingerprint density at radius 3 is 2.85 bits per heavy atom. The highest BCUT2D eigenvalue weighted by molar-refractivity contribution is 5.81. The van der Waals surface area contributed by atoms with Crippen LogP contribution in [0.1, 0.15) is 5.69 Å². The molecule has 0 aliphatic heterocycles. The average molecular weight is 272 g/mol. The quantitative estimate of drug-likeness (QED) is 0.350. The van der Waals surface area contributed by atoms with Gasteiger partial charge >= 0.3 is 5.97 Å². The number of rotatable bonds is 6. The molecule has 0 N–H and O–H groups in total. The van der Waals surface area contributed by atoms with E-state index in [1.807, 2.05) is 41.1 Å². The molecular formula is C15H16N2O3. The third-order valence-corrected chi connectivity index (χ3v) is 2.70. The van der Waals surface area contributed by atoms with Gasteiger partial charge in [0, 0.05) is 18.3 Å². The van der Waals surface area contributed by atoms with Crippen LogP contribution >= 0.6 is 0 Å². The fourth-order valence-electron chi connectivity index (χ4n) is 1.72. The van der Waals surface area contributed by atoms with Crippen molar-refractivity contribution >= 4 is 5.97 Å². The van der Waals surface area contributed by atoms with Crippen LogP contribution < -0.4 is 0 Å². The van der Waals surface area contributed by atoms with Gasteiger partial charge in [-0.25, -0.2) is 9.48 Å². The maximum atomic E-state index is 10.8. The third kappa shape index (κ3) is 3.71. The number of carbonyl (C=O) groups is 1. The highest BCUT2D eigenvalue weighted by atomic mass is 16.5. The molecule has 20 heavy (non-hydrogen) atoms. The number of aromatic nitrogens is 2. The van der Waals surface area contributed by atoms with Gasteiger partial charge in [-0.2, -0.15) is 5.10 Å². The van der Waals surface area contributed by atoms with Crippen LogP contribution in [0, 0.1) is 0 Å². The van der Waals surface area contributed by atoms with Crippen LogP contribution in [0.3, 0.4) is 0 Å². The van der Waals surface area contributed by atoms with Crippen LogP contribution in [0.4, 0.5) is 0 Å². The summed E-state index contributed by atoms with van der Waals surface area (Å²) in [6.07, 6.45) is 5.04. The van der Waals surface area contributed by atoms with Crippen LogP contribution in [-0.2, 0) is 20.7 Å². The lowest BCUT2D eigenvalue weighted by Gasteiger charge is -2.07.